The number of ether oxygens (including phenoxy) is 3. The van der Waals surface area contributed by atoms with Crippen molar-refractivity contribution < 1.29 is 33.7 Å². The number of rotatable bonds is 8. The number of aliphatic hydroxyl groups is 1. The number of aryl methyl sites for hydroxylation is 1. The molecule has 4 rings (SSSR count). The van der Waals surface area contributed by atoms with Gasteiger partial charge in [0.25, 0.3) is 11.7 Å². The van der Waals surface area contributed by atoms with Crippen LogP contribution in [0, 0.1) is 6.92 Å². The minimum absolute atomic E-state index is 0.0457. The van der Waals surface area contributed by atoms with Crippen molar-refractivity contribution in [1.82, 2.24) is 0 Å². The number of esters is 1. The molecule has 0 spiro atoms. The van der Waals surface area contributed by atoms with Gasteiger partial charge in [-0.3, -0.25) is 14.5 Å². The summed E-state index contributed by atoms with van der Waals surface area (Å²) in [6.07, 6.45) is 0. The summed E-state index contributed by atoms with van der Waals surface area (Å²) in [5.41, 5.74) is 3.21. The number of methoxy groups -OCH3 is 2. The van der Waals surface area contributed by atoms with Crippen LogP contribution in [-0.4, -0.2) is 43.6 Å². The normalized spacial score (nSPS) is 16.4. The molecule has 1 atom stereocenters. The average molecular weight is 544 g/mol. The third-order valence-corrected chi connectivity index (χ3v) is 6.96. The van der Waals surface area contributed by atoms with Crippen LogP contribution in [0.4, 0.5) is 5.69 Å². The first-order valence-electron chi connectivity index (χ1n) is 13.0. The van der Waals surface area contributed by atoms with E-state index >= 15 is 0 Å². The van der Waals surface area contributed by atoms with Gasteiger partial charge in [-0.15, -0.1) is 0 Å². The number of Topliss-reactive ketones (excluding diaryl/α,β-unsaturated/α-hetero) is 1. The number of nitrogens with zero attached hydrogens (tertiary/aromatic N) is 1. The second-order valence-corrected chi connectivity index (χ2v) is 9.78. The minimum atomic E-state index is -0.951. The summed E-state index contributed by atoms with van der Waals surface area (Å²) >= 11 is 0. The number of carbonyl (C=O) groups excluding carboxylic acids is 3. The molecule has 3 aromatic carbocycles. The number of aliphatic hydroxyl groups excluding tert-OH is 1. The van der Waals surface area contributed by atoms with Crippen molar-refractivity contribution >= 4 is 29.1 Å². The van der Waals surface area contributed by atoms with Crippen LogP contribution in [0.3, 0.4) is 0 Å². The Kier molecular flexibility index (Phi) is 8.28. The number of anilines is 1. The van der Waals surface area contributed by atoms with Crippen LogP contribution < -0.4 is 14.4 Å². The molecule has 1 saturated heterocycles. The predicted octanol–water partition coefficient (Wildman–Crippen LogP) is 5.94. The van der Waals surface area contributed by atoms with Crippen molar-refractivity contribution in [2.24, 2.45) is 0 Å². The van der Waals surface area contributed by atoms with E-state index in [4.69, 9.17) is 14.2 Å². The zero-order chi connectivity index (χ0) is 29.1. The van der Waals surface area contributed by atoms with Crippen molar-refractivity contribution in [2.75, 3.05) is 25.7 Å². The van der Waals surface area contributed by atoms with E-state index in [9.17, 15) is 19.5 Å². The number of benzene rings is 3. The van der Waals surface area contributed by atoms with Crippen LogP contribution in [0.5, 0.6) is 11.5 Å². The second kappa shape index (κ2) is 11.7. The number of amides is 1. The lowest BCUT2D eigenvalue weighted by Crippen LogP contribution is -2.29. The summed E-state index contributed by atoms with van der Waals surface area (Å²) < 4.78 is 16.0. The summed E-state index contributed by atoms with van der Waals surface area (Å²) in [7, 11) is 3.11. The van der Waals surface area contributed by atoms with Crippen molar-refractivity contribution in [3.8, 4) is 11.5 Å². The smallest absolute Gasteiger partial charge is 0.338 e. The van der Waals surface area contributed by atoms with Gasteiger partial charge in [0, 0.05) is 11.3 Å². The number of carbonyl (C=O) groups is 3. The van der Waals surface area contributed by atoms with E-state index in [-0.39, 0.29) is 23.9 Å². The summed E-state index contributed by atoms with van der Waals surface area (Å²) in [6, 6.07) is 15.9. The van der Waals surface area contributed by atoms with Gasteiger partial charge >= 0.3 is 5.97 Å². The average Bonchev–Trinajstić information content (AvgIpc) is 3.22. The van der Waals surface area contributed by atoms with Gasteiger partial charge in [0.05, 0.1) is 38.0 Å². The maximum atomic E-state index is 13.6. The van der Waals surface area contributed by atoms with E-state index in [1.165, 1.54) is 24.1 Å². The van der Waals surface area contributed by atoms with Gasteiger partial charge in [0.2, 0.25) is 0 Å². The third kappa shape index (κ3) is 5.17. The maximum absolute atomic E-state index is 13.6. The first-order chi connectivity index (χ1) is 19.1. The van der Waals surface area contributed by atoms with E-state index < -0.39 is 23.7 Å². The van der Waals surface area contributed by atoms with Gasteiger partial charge in [-0.25, -0.2) is 4.79 Å². The van der Waals surface area contributed by atoms with Gasteiger partial charge in [-0.2, -0.15) is 0 Å². The first kappa shape index (κ1) is 28.4. The second-order valence-electron chi connectivity index (χ2n) is 9.78. The first-order valence-corrected chi connectivity index (χ1v) is 13.0. The molecular weight excluding hydrogens is 510 g/mol. The van der Waals surface area contributed by atoms with Gasteiger partial charge in [-0.1, -0.05) is 26.0 Å². The zero-order valence-electron chi connectivity index (χ0n) is 23.5. The predicted molar refractivity (Wildman–Crippen MR) is 152 cm³/mol. The Bertz CT molecular complexity index is 1490. The van der Waals surface area contributed by atoms with Crippen molar-refractivity contribution in [3.63, 3.8) is 0 Å². The summed E-state index contributed by atoms with van der Waals surface area (Å²) in [4.78, 5) is 40.7. The SMILES string of the molecule is CCOC(=O)c1ccc(N2C(=O)C(=O)/C(=C(/O)c3cc(C(C)C)c(OC)cc3C)C2c2cccc(OC)c2)cc1. The van der Waals surface area contributed by atoms with Gasteiger partial charge < -0.3 is 19.3 Å². The summed E-state index contributed by atoms with van der Waals surface area (Å²) in [5, 5.41) is 11.7. The molecule has 8 heteroatoms. The Morgan fingerprint density at radius 3 is 2.30 bits per heavy atom. The van der Waals surface area contributed by atoms with E-state index in [0.717, 1.165) is 5.56 Å². The lowest BCUT2D eigenvalue weighted by molar-refractivity contribution is -0.132. The molecule has 0 bridgehead atoms. The van der Waals surface area contributed by atoms with E-state index in [1.54, 1.807) is 56.5 Å². The fraction of sp³-hybridized carbons (Fsp3) is 0.281. The molecule has 1 N–H and O–H groups in total. The molecule has 1 amide bonds. The van der Waals surface area contributed by atoms with Crippen molar-refractivity contribution in [3.05, 3.63) is 94.1 Å². The molecule has 208 valence electrons. The molecule has 1 aliphatic heterocycles. The molecule has 8 nitrogen and oxygen atoms in total. The van der Waals surface area contributed by atoms with Crippen LogP contribution in [0.2, 0.25) is 0 Å². The fourth-order valence-electron chi connectivity index (χ4n) is 4.92. The van der Waals surface area contributed by atoms with Crippen LogP contribution >= 0.6 is 0 Å². The Balaban J connectivity index is 1.94. The Morgan fingerprint density at radius 1 is 1.00 bits per heavy atom. The number of hydrogen-bond acceptors (Lipinski definition) is 7. The quantitative estimate of drug-likeness (QED) is 0.162. The molecule has 40 heavy (non-hydrogen) atoms. The largest absolute Gasteiger partial charge is 0.507 e. The molecule has 1 fully saturated rings. The third-order valence-electron chi connectivity index (χ3n) is 6.96. The zero-order valence-corrected chi connectivity index (χ0v) is 23.5. The highest BCUT2D eigenvalue weighted by atomic mass is 16.5. The van der Waals surface area contributed by atoms with Crippen LogP contribution in [0.15, 0.2) is 66.2 Å². The highest BCUT2D eigenvalue weighted by Gasteiger charge is 2.47. The monoisotopic (exact) mass is 543 g/mol. The maximum Gasteiger partial charge on any atom is 0.338 e. The van der Waals surface area contributed by atoms with Crippen LogP contribution in [-0.2, 0) is 14.3 Å². The van der Waals surface area contributed by atoms with Gasteiger partial charge in [-0.05, 0) is 85.0 Å². The van der Waals surface area contributed by atoms with Crippen molar-refractivity contribution in [2.45, 2.75) is 39.7 Å². The molecular formula is C32H33NO7. The van der Waals surface area contributed by atoms with Gasteiger partial charge in [0.1, 0.15) is 17.3 Å². The van der Waals surface area contributed by atoms with Crippen LogP contribution in [0.1, 0.15) is 65.3 Å². The molecule has 0 aliphatic carbocycles. The standard InChI is InChI=1S/C32H33NO7/c1-7-40-32(37)20-11-13-22(14-12-20)33-28(21-9-8-10-23(16-21)38-5)27(30(35)31(33)36)29(34)25-17-24(18(2)3)26(39-6)15-19(25)4/h8-18,28,34H,7H2,1-6H3/b29-27+. The molecule has 1 heterocycles. The molecule has 0 saturated carbocycles. The van der Waals surface area contributed by atoms with Crippen LogP contribution in [0.25, 0.3) is 5.76 Å². The van der Waals surface area contributed by atoms with Crippen molar-refractivity contribution in [1.29, 1.82) is 0 Å². The summed E-state index contributed by atoms with van der Waals surface area (Å²) in [6.45, 7) is 7.77. The highest BCUT2D eigenvalue weighted by Crippen LogP contribution is 2.44. The van der Waals surface area contributed by atoms with Gasteiger partial charge in [0.15, 0.2) is 0 Å². The van der Waals surface area contributed by atoms with E-state index in [0.29, 0.717) is 39.4 Å². The minimum Gasteiger partial charge on any atom is -0.507 e. The van der Waals surface area contributed by atoms with E-state index in [1.807, 2.05) is 26.8 Å². The molecule has 3 aromatic rings. The molecule has 0 aromatic heterocycles. The highest BCUT2D eigenvalue weighted by molar-refractivity contribution is 6.51. The summed E-state index contributed by atoms with van der Waals surface area (Å²) in [5.74, 6) is -1.10. The molecule has 1 aliphatic rings. The number of ketones is 1. The fourth-order valence-corrected chi connectivity index (χ4v) is 4.92. The Hall–Kier alpha value is -4.59. The number of hydrogen-bond donors (Lipinski definition) is 1. The Morgan fingerprint density at radius 2 is 1.70 bits per heavy atom. The Labute approximate surface area is 233 Å². The molecule has 0 radical (unpaired) electrons. The van der Waals surface area contributed by atoms with E-state index in [2.05, 4.69) is 0 Å². The molecule has 1 unspecified atom stereocenters. The topological polar surface area (TPSA) is 102 Å². The lowest BCUT2D eigenvalue weighted by atomic mass is 9.91. The lowest BCUT2D eigenvalue weighted by Gasteiger charge is -2.26.